The first-order valence-corrected chi connectivity index (χ1v) is 6.26. The molecule has 0 amide bonds. The predicted molar refractivity (Wildman–Crippen MR) is 69.7 cm³/mol. The van der Waals surface area contributed by atoms with Crippen molar-refractivity contribution >= 4 is 5.78 Å². The summed E-state index contributed by atoms with van der Waals surface area (Å²) in [6, 6.07) is 0. The summed E-state index contributed by atoms with van der Waals surface area (Å²) in [5.41, 5.74) is 1.29. The Morgan fingerprint density at radius 2 is 2.00 bits per heavy atom. The van der Waals surface area contributed by atoms with Crippen LogP contribution in [0.25, 0.3) is 0 Å². The summed E-state index contributed by atoms with van der Waals surface area (Å²) < 4.78 is 0. The summed E-state index contributed by atoms with van der Waals surface area (Å²) in [7, 11) is 0. The average Bonchev–Trinajstić information content (AvgIpc) is 2.58. The smallest absolute Gasteiger partial charge is 0.143 e. The van der Waals surface area contributed by atoms with E-state index < -0.39 is 0 Å². The quantitative estimate of drug-likeness (QED) is 0.738. The van der Waals surface area contributed by atoms with Crippen LogP contribution in [0.4, 0.5) is 0 Å². The monoisotopic (exact) mass is 232 g/mol. The third-order valence-corrected chi connectivity index (χ3v) is 3.15. The van der Waals surface area contributed by atoms with Gasteiger partial charge in [0.2, 0.25) is 0 Å². The van der Waals surface area contributed by atoms with Crippen LogP contribution in [0, 0.1) is 0 Å². The molecule has 1 fully saturated rings. The van der Waals surface area contributed by atoms with Gasteiger partial charge < -0.3 is 4.90 Å². The zero-order valence-corrected chi connectivity index (χ0v) is 10.4. The molecule has 3 nitrogen and oxygen atoms in total. The van der Waals surface area contributed by atoms with Gasteiger partial charge in [0, 0.05) is 31.9 Å². The van der Waals surface area contributed by atoms with E-state index in [1.54, 1.807) is 6.92 Å². The van der Waals surface area contributed by atoms with E-state index in [0.717, 1.165) is 32.6 Å². The molecule has 0 aromatic heterocycles. The number of piperazine rings is 1. The lowest BCUT2D eigenvalue weighted by molar-refractivity contribution is -0.118. The second-order valence-electron chi connectivity index (χ2n) is 4.62. The van der Waals surface area contributed by atoms with E-state index in [-0.39, 0.29) is 5.78 Å². The van der Waals surface area contributed by atoms with Gasteiger partial charge in [0.25, 0.3) is 0 Å². The molecule has 3 heteroatoms. The molecule has 0 spiro atoms. The van der Waals surface area contributed by atoms with Crippen LogP contribution in [0.3, 0.4) is 0 Å². The maximum Gasteiger partial charge on any atom is 0.143 e. The summed E-state index contributed by atoms with van der Waals surface area (Å²) in [6.07, 6.45) is 11.9. The summed E-state index contributed by atoms with van der Waals surface area (Å²) in [5, 5.41) is 0. The second-order valence-corrected chi connectivity index (χ2v) is 4.62. The van der Waals surface area contributed by atoms with E-state index >= 15 is 0 Å². The normalized spacial score (nSPS) is 21.2. The molecule has 1 heterocycles. The Kier molecular flexibility index (Phi) is 4.15. The zero-order valence-electron chi connectivity index (χ0n) is 10.4. The molecular weight excluding hydrogens is 212 g/mol. The van der Waals surface area contributed by atoms with Crippen molar-refractivity contribution < 1.29 is 4.79 Å². The van der Waals surface area contributed by atoms with Gasteiger partial charge in [-0.1, -0.05) is 18.2 Å². The van der Waals surface area contributed by atoms with Gasteiger partial charge in [-0.3, -0.25) is 9.69 Å². The number of nitrogens with zero attached hydrogens (tertiary/aromatic N) is 2. The van der Waals surface area contributed by atoms with Crippen LogP contribution in [0.15, 0.2) is 36.1 Å². The Morgan fingerprint density at radius 1 is 1.24 bits per heavy atom. The number of hydrogen-bond donors (Lipinski definition) is 0. The minimum Gasteiger partial charge on any atom is -0.369 e. The molecule has 0 radical (unpaired) electrons. The largest absolute Gasteiger partial charge is 0.369 e. The number of rotatable bonds is 3. The second kappa shape index (κ2) is 5.82. The molecule has 92 valence electrons. The van der Waals surface area contributed by atoms with Crippen LogP contribution in [0.2, 0.25) is 0 Å². The molecule has 0 aromatic rings. The fourth-order valence-corrected chi connectivity index (χ4v) is 2.26. The molecule has 0 N–H and O–H groups in total. The van der Waals surface area contributed by atoms with Crippen molar-refractivity contribution in [3.8, 4) is 0 Å². The van der Waals surface area contributed by atoms with E-state index in [1.807, 2.05) is 0 Å². The summed E-state index contributed by atoms with van der Waals surface area (Å²) >= 11 is 0. The summed E-state index contributed by atoms with van der Waals surface area (Å²) in [6.45, 7) is 6.24. The number of ketones is 1. The average molecular weight is 232 g/mol. The van der Waals surface area contributed by atoms with Gasteiger partial charge in [0.15, 0.2) is 0 Å². The van der Waals surface area contributed by atoms with Crippen LogP contribution < -0.4 is 0 Å². The van der Waals surface area contributed by atoms with Crippen molar-refractivity contribution in [2.24, 2.45) is 0 Å². The highest BCUT2D eigenvalue weighted by molar-refractivity contribution is 5.77. The fourth-order valence-electron chi connectivity index (χ4n) is 2.26. The van der Waals surface area contributed by atoms with Crippen molar-refractivity contribution in [1.29, 1.82) is 0 Å². The summed E-state index contributed by atoms with van der Waals surface area (Å²) in [5.74, 6) is 0.259. The minimum atomic E-state index is 0.259. The van der Waals surface area contributed by atoms with Crippen molar-refractivity contribution in [3.05, 3.63) is 36.1 Å². The highest BCUT2D eigenvalue weighted by atomic mass is 16.1. The fraction of sp³-hybridized carbons (Fsp3) is 0.500. The standard InChI is InChI=1S/C14H20N2O/c1-13(17)12-15-8-10-16(11-9-15)14-6-4-2-3-5-7-14/h2,4-7H,3,8-12H2,1H3. The van der Waals surface area contributed by atoms with Crippen LogP contribution in [-0.4, -0.2) is 48.3 Å². The van der Waals surface area contributed by atoms with Crippen molar-refractivity contribution in [2.45, 2.75) is 13.3 Å². The van der Waals surface area contributed by atoms with Crippen LogP contribution >= 0.6 is 0 Å². The molecule has 0 unspecified atom stereocenters. The number of carbonyl (C=O) groups is 1. The van der Waals surface area contributed by atoms with Gasteiger partial charge in [0.1, 0.15) is 5.78 Å². The van der Waals surface area contributed by atoms with E-state index in [0.29, 0.717) is 6.54 Å². The molecule has 0 aromatic carbocycles. The predicted octanol–water partition coefficient (Wildman–Crippen LogP) is 1.59. The number of hydrogen-bond acceptors (Lipinski definition) is 3. The molecular formula is C14H20N2O. The Balaban J connectivity index is 1.88. The Morgan fingerprint density at radius 3 is 2.71 bits per heavy atom. The number of Topliss-reactive ketones (excluding diaryl/α,β-unsaturated/α-hetero) is 1. The molecule has 0 bridgehead atoms. The topological polar surface area (TPSA) is 23.6 Å². The molecule has 1 saturated heterocycles. The first-order chi connectivity index (χ1) is 8.25. The molecule has 2 aliphatic rings. The first kappa shape index (κ1) is 12.1. The van der Waals surface area contributed by atoms with E-state index in [4.69, 9.17) is 0 Å². The van der Waals surface area contributed by atoms with Gasteiger partial charge >= 0.3 is 0 Å². The third kappa shape index (κ3) is 3.56. The van der Waals surface area contributed by atoms with Crippen molar-refractivity contribution in [2.75, 3.05) is 32.7 Å². The van der Waals surface area contributed by atoms with E-state index in [9.17, 15) is 4.79 Å². The van der Waals surface area contributed by atoms with Crippen LogP contribution in [0.1, 0.15) is 13.3 Å². The Hall–Kier alpha value is -1.35. The lowest BCUT2D eigenvalue weighted by atomic mass is 10.2. The SMILES string of the molecule is CC(=O)CN1CCN(C2=CC=CCC=C2)CC1. The number of carbonyl (C=O) groups excluding carboxylic acids is 1. The third-order valence-electron chi connectivity index (χ3n) is 3.15. The zero-order chi connectivity index (χ0) is 12.1. The number of allylic oxidation sites excluding steroid dienone is 5. The highest BCUT2D eigenvalue weighted by Gasteiger charge is 2.18. The molecule has 1 aliphatic carbocycles. The van der Waals surface area contributed by atoms with Gasteiger partial charge in [0.05, 0.1) is 6.54 Å². The molecule has 2 rings (SSSR count). The van der Waals surface area contributed by atoms with Crippen LogP contribution in [-0.2, 0) is 4.79 Å². The van der Waals surface area contributed by atoms with Gasteiger partial charge in [-0.2, -0.15) is 0 Å². The van der Waals surface area contributed by atoms with Crippen LogP contribution in [0.5, 0.6) is 0 Å². The van der Waals surface area contributed by atoms with Gasteiger partial charge in [-0.15, -0.1) is 0 Å². The van der Waals surface area contributed by atoms with Gasteiger partial charge in [-0.05, 0) is 25.5 Å². The summed E-state index contributed by atoms with van der Waals surface area (Å²) in [4.78, 5) is 15.7. The molecule has 17 heavy (non-hydrogen) atoms. The van der Waals surface area contributed by atoms with Crippen molar-refractivity contribution in [3.63, 3.8) is 0 Å². The van der Waals surface area contributed by atoms with E-state index in [1.165, 1.54) is 5.70 Å². The van der Waals surface area contributed by atoms with Gasteiger partial charge in [-0.25, -0.2) is 0 Å². The van der Waals surface area contributed by atoms with Crippen molar-refractivity contribution in [1.82, 2.24) is 9.80 Å². The maximum absolute atomic E-state index is 11.1. The Labute approximate surface area is 103 Å². The maximum atomic E-state index is 11.1. The Bertz CT molecular complexity index is 360. The lowest BCUT2D eigenvalue weighted by Gasteiger charge is -2.36. The minimum absolute atomic E-state index is 0.259. The highest BCUT2D eigenvalue weighted by Crippen LogP contribution is 2.13. The molecule has 1 aliphatic heterocycles. The lowest BCUT2D eigenvalue weighted by Crippen LogP contribution is -2.46. The van der Waals surface area contributed by atoms with E-state index in [2.05, 4.69) is 40.2 Å². The molecule has 0 saturated carbocycles. The molecule has 0 atom stereocenters. The first-order valence-electron chi connectivity index (χ1n) is 6.26.